The number of morpholine rings is 1. The Balaban J connectivity index is 2.06. The van der Waals surface area contributed by atoms with Crippen LogP contribution in [0.3, 0.4) is 0 Å². The highest BCUT2D eigenvalue weighted by Crippen LogP contribution is 2.22. The lowest BCUT2D eigenvalue weighted by Crippen LogP contribution is -2.42. The van der Waals surface area contributed by atoms with E-state index in [9.17, 15) is 13.2 Å². The summed E-state index contributed by atoms with van der Waals surface area (Å²) >= 11 is 3.33. The Labute approximate surface area is 139 Å². The van der Waals surface area contributed by atoms with Gasteiger partial charge in [0.1, 0.15) is 0 Å². The van der Waals surface area contributed by atoms with Gasteiger partial charge in [-0.3, -0.25) is 9.10 Å². The van der Waals surface area contributed by atoms with Crippen LogP contribution in [0.5, 0.6) is 0 Å². The van der Waals surface area contributed by atoms with Crippen molar-refractivity contribution in [1.82, 2.24) is 4.90 Å². The summed E-state index contributed by atoms with van der Waals surface area (Å²) in [5, 5.41) is 0. The van der Waals surface area contributed by atoms with Crippen LogP contribution in [-0.4, -0.2) is 58.3 Å². The lowest BCUT2D eigenvalue weighted by atomic mass is 10.3. The van der Waals surface area contributed by atoms with Gasteiger partial charge < -0.3 is 9.64 Å². The van der Waals surface area contributed by atoms with Crippen LogP contribution in [0, 0.1) is 0 Å². The average molecular weight is 391 g/mol. The molecule has 1 saturated heterocycles. The summed E-state index contributed by atoms with van der Waals surface area (Å²) in [6, 6.07) is 7.02. The molecule has 0 aliphatic carbocycles. The molecular formula is C14H19BrN2O4S. The highest BCUT2D eigenvalue weighted by Gasteiger charge is 2.22. The van der Waals surface area contributed by atoms with E-state index in [1.165, 1.54) is 4.31 Å². The minimum Gasteiger partial charge on any atom is -0.378 e. The molecule has 0 saturated carbocycles. The summed E-state index contributed by atoms with van der Waals surface area (Å²) in [6.07, 6.45) is 1.30. The van der Waals surface area contributed by atoms with Crippen LogP contribution in [0.1, 0.15) is 6.42 Å². The second-order valence-corrected chi connectivity index (χ2v) is 7.88. The van der Waals surface area contributed by atoms with E-state index in [2.05, 4.69) is 15.9 Å². The van der Waals surface area contributed by atoms with Crippen LogP contribution in [-0.2, 0) is 19.6 Å². The lowest BCUT2D eigenvalue weighted by Gasteiger charge is -2.28. The highest BCUT2D eigenvalue weighted by molar-refractivity contribution is 9.10. The molecule has 0 N–H and O–H groups in total. The van der Waals surface area contributed by atoms with E-state index in [-0.39, 0.29) is 18.9 Å². The number of rotatable bonds is 5. The van der Waals surface area contributed by atoms with E-state index in [0.717, 1.165) is 10.7 Å². The van der Waals surface area contributed by atoms with E-state index in [0.29, 0.717) is 32.0 Å². The fourth-order valence-corrected chi connectivity index (χ4v) is 3.59. The van der Waals surface area contributed by atoms with Gasteiger partial charge in [-0.25, -0.2) is 8.42 Å². The number of nitrogens with zero attached hydrogens (tertiary/aromatic N) is 2. The third kappa shape index (κ3) is 4.69. The van der Waals surface area contributed by atoms with Crippen LogP contribution in [0.4, 0.5) is 5.69 Å². The van der Waals surface area contributed by atoms with E-state index in [1.807, 2.05) is 6.07 Å². The zero-order chi connectivity index (χ0) is 16.2. The lowest BCUT2D eigenvalue weighted by molar-refractivity contribution is -0.134. The molecule has 1 aromatic rings. The molecule has 0 spiro atoms. The number of halogens is 1. The van der Waals surface area contributed by atoms with Gasteiger partial charge in [-0.2, -0.15) is 0 Å². The summed E-state index contributed by atoms with van der Waals surface area (Å²) in [5.41, 5.74) is 0.548. The molecule has 122 valence electrons. The van der Waals surface area contributed by atoms with Gasteiger partial charge in [0.2, 0.25) is 15.9 Å². The zero-order valence-electron chi connectivity index (χ0n) is 12.4. The van der Waals surface area contributed by atoms with Gasteiger partial charge in [0.05, 0.1) is 25.2 Å². The SMILES string of the molecule is CS(=O)(=O)N(CCC(=O)N1CCOCC1)c1cccc(Br)c1. The number of benzene rings is 1. The van der Waals surface area contributed by atoms with Crippen molar-refractivity contribution < 1.29 is 17.9 Å². The molecule has 22 heavy (non-hydrogen) atoms. The van der Waals surface area contributed by atoms with Gasteiger partial charge >= 0.3 is 0 Å². The normalized spacial score (nSPS) is 15.6. The van der Waals surface area contributed by atoms with Crippen molar-refractivity contribution >= 4 is 37.5 Å². The second kappa shape index (κ2) is 7.43. The van der Waals surface area contributed by atoms with Crippen molar-refractivity contribution in [3.8, 4) is 0 Å². The molecule has 0 unspecified atom stereocenters. The standard InChI is InChI=1S/C14H19BrN2O4S/c1-22(19,20)17(13-4-2-3-12(15)11-13)6-5-14(18)16-7-9-21-10-8-16/h2-4,11H,5-10H2,1H3. The molecule has 1 aromatic carbocycles. The Kier molecular flexibility index (Phi) is 5.82. The first-order valence-corrected chi connectivity index (χ1v) is 9.61. The monoisotopic (exact) mass is 390 g/mol. The van der Waals surface area contributed by atoms with Gasteiger partial charge in [0.25, 0.3) is 0 Å². The molecule has 0 radical (unpaired) electrons. The van der Waals surface area contributed by atoms with Crippen molar-refractivity contribution in [2.45, 2.75) is 6.42 Å². The van der Waals surface area contributed by atoms with Crippen molar-refractivity contribution in [1.29, 1.82) is 0 Å². The highest BCUT2D eigenvalue weighted by atomic mass is 79.9. The number of amides is 1. The fourth-order valence-electron chi connectivity index (χ4n) is 2.29. The van der Waals surface area contributed by atoms with Crippen molar-refractivity contribution in [3.05, 3.63) is 28.7 Å². The number of carbonyl (C=O) groups excluding carboxylic acids is 1. The quantitative estimate of drug-likeness (QED) is 0.763. The summed E-state index contributed by atoms with van der Waals surface area (Å²) in [5.74, 6) is -0.0491. The Morgan fingerprint density at radius 3 is 2.64 bits per heavy atom. The van der Waals surface area contributed by atoms with Crippen LogP contribution < -0.4 is 4.31 Å². The molecule has 1 aliphatic rings. The molecule has 0 bridgehead atoms. The Morgan fingerprint density at radius 2 is 2.05 bits per heavy atom. The third-order valence-electron chi connectivity index (χ3n) is 3.39. The minimum atomic E-state index is -3.44. The van der Waals surface area contributed by atoms with E-state index < -0.39 is 10.0 Å². The smallest absolute Gasteiger partial charge is 0.232 e. The first kappa shape index (κ1) is 17.2. The van der Waals surface area contributed by atoms with E-state index >= 15 is 0 Å². The van der Waals surface area contributed by atoms with Crippen LogP contribution in [0.2, 0.25) is 0 Å². The molecule has 1 heterocycles. The number of sulfonamides is 1. The second-order valence-electron chi connectivity index (χ2n) is 5.06. The minimum absolute atomic E-state index is 0.0491. The van der Waals surface area contributed by atoms with E-state index in [4.69, 9.17) is 4.74 Å². The maximum atomic E-state index is 12.2. The zero-order valence-corrected chi connectivity index (χ0v) is 14.8. The number of ether oxygens (including phenoxy) is 1. The van der Waals surface area contributed by atoms with Gasteiger partial charge in [0.15, 0.2) is 0 Å². The van der Waals surface area contributed by atoms with Gasteiger partial charge in [-0.15, -0.1) is 0 Å². The molecule has 0 aromatic heterocycles. The summed E-state index contributed by atoms with van der Waals surface area (Å²) < 4.78 is 31.3. The van der Waals surface area contributed by atoms with Crippen molar-refractivity contribution in [2.75, 3.05) is 43.4 Å². The van der Waals surface area contributed by atoms with Crippen LogP contribution in [0.15, 0.2) is 28.7 Å². The number of anilines is 1. The summed E-state index contributed by atoms with van der Waals surface area (Å²) in [6.45, 7) is 2.33. The molecule has 1 fully saturated rings. The summed E-state index contributed by atoms with van der Waals surface area (Å²) in [7, 11) is -3.44. The van der Waals surface area contributed by atoms with Crippen LogP contribution in [0.25, 0.3) is 0 Å². The Hall–Kier alpha value is -1.12. The van der Waals surface area contributed by atoms with E-state index in [1.54, 1.807) is 23.1 Å². The maximum Gasteiger partial charge on any atom is 0.232 e. The molecule has 2 rings (SSSR count). The maximum absolute atomic E-state index is 12.2. The predicted molar refractivity (Wildman–Crippen MR) is 88.3 cm³/mol. The predicted octanol–water partition coefficient (Wildman–Crippen LogP) is 1.46. The summed E-state index contributed by atoms with van der Waals surface area (Å²) in [4.78, 5) is 13.9. The fraction of sp³-hybridized carbons (Fsp3) is 0.500. The average Bonchev–Trinajstić information content (AvgIpc) is 2.47. The van der Waals surface area contributed by atoms with Crippen LogP contribution >= 0.6 is 15.9 Å². The largest absolute Gasteiger partial charge is 0.378 e. The first-order chi connectivity index (χ1) is 10.4. The molecule has 8 heteroatoms. The number of hydrogen-bond donors (Lipinski definition) is 0. The van der Waals surface area contributed by atoms with Crippen molar-refractivity contribution in [3.63, 3.8) is 0 Å². The number of hydrogen-bond acceptors (Lipinski definition) is 4. The van der Waals surface area contributed by atoms with Gasteiger partial charge in [0, 0.05) is 30.5 Å². The number of carbonyl (C=O) groups is 1. The molecule has 0 atom stereocenters. The molecule has 1 aliphatic heterocycles. The molecule has 6 nitrogen and oxygen atoms in total. The van der Waals surface area contributed by atoms with Gasteiger partial charge in [-0.1, -0.05) is 22.0 Å². The molecule has 1 amide bonds. The van der Waals surface area contributed by atoms with Crippen molar-refractivity contribution in [2.24, 2.45) is 0 Å². The third-order valence-corrected chi connectivity index (χ3v) is 5.08. The molecular weight excluding hydrogens is 372 g/mol. The first-order valence-electron chi connectivity index (χ1n) is 6.97. The van der Waals surface area contributed by atoms with Gasteiger partial charge in [-0.05, 0) is 18.2 Å². The Morgan fingerprint density at radius 1 is 1.36 bits per heavy atom. The topological polar surface area (TPSA) is 66.9 Å². The Bertz CT molecular complexity index is 629.